The van der Waals surface area contributed by atoms with Crippen molar-refractivity contribution in [1.29, 1.82) is 0 Å². The maximum atomic E-state index is 12.2. The van der Waals surface area contributed by atoms with Gasteiger partial charge in [0.1, 0.15) is 11.9 Å². The van der Waals surface area contributed by atoms with E-state index in [-0.39, 0.29) is 12.0 Å². The van der Waals surface area contributed by atoms with E-state index in [4.69, 9.17) is 16.3 Å². The topological polar surface area (TPSA) is 44.8 Å². The van der Waals surface area contributed by atoms with Gasteiger partial charge in [-0.15, -0.1) is 0 Å². The van der Waals surface area contributed by atoms with Gasteiger partial charge in [0, 0.05) is 38.3 Å². The molecular weight excluding hydrogens is 350 g/mol. The zero-order chi connectivity index (χ0) is 18.5. The number of likely N-dealkylation sites (N-methyl/N-ethyl adjacent to an activating group) is 1. The SMILES string of the molecule is CN(C)CCNC(=O)c1ccc(OC2CCN(CC3CC3)CC2)c(Cl)c1. The molecule has 0 bridgehead atoms. The van der Waals surface area contributed by atoms with Crippen molar-refractivity contribution in [3.8, 4) is 5.75 Å². The number of carbonyl (C=O) groups excluding carboxylic acids is 1. The second kappa shape index (κ2) is 9.07. The van der Waals surface area contributed by atoms with E-state index in [9.17, 15) is 4.79 Å². The Balaban J connectivity index is 1.47. The number of carbonyl (C=O) groups is 1. The number of benzene rings is 1. The fourth-order valence-corrected chi connectivity index (χ4v) is 3.51. The van der Waals surface area contributed by atoms with Crippen LogP contribution < -0.4 is 10.1 Å². The summed E-state index contributed by atoms with van der Waals surface area (Å²) in [6.45, 7) is 4.88. The fraction of sp³-hybridized carbons (Fsp3) is 0.650. The van der Waals surface area contributed by atoms with Crippen LogP contribution in [0.1, 0.15) is 36.0 Å². The lowest BCUT2D eigenvalue weighted by Gasteiger charge is -2.32. The molecule has 1 saturated heterocycles. The molecular formula is C20H30ClN3O2. The summed E-state index contributed by atoms with van der Waals surface area (Å²) in [6.07, 6.45) is 5.09. The van der Waals surface area contributed by atoms with E-state index in [1.165, 1.54) is 19.4 Å². The van der Waals surface area contributed by atoms with Crippen molar-refractivity contribution in [2.45, 2.75) is 31.8 Å². The summed E-state index contributed by atoms with van der Waals surface area (Å²) in [5.74, 6) is 1.52. The van der Waals surface area contributed by atoms with Gasteiger partial charge in [0.05, 0.1) is 5.02 Å². The van der Waals surface area contributed by atoms with Gasteiger partial charge in [0.15, 0.2) is 0 Å². The van der Waals surface area contributed by atoms with Gasteiger partial charge in [-0.2, -0.15) is 0 Å². The molecule has 2 fully saturated rings. The van der Waals surface area contributed by atoms with E-state index >= 15 is 0 Å². The Kier molecular flexibility index (Phi) is 6.79. The third-order valence-electron chi connectivity index (χ3n) is 5.08. The highest BCUT2D eigenvalue weighted by Crippen LogP contribution is 2.32. The Morgan fingerprint density at radius 2 is 2.00 bits per heavy atom. The molecule has 1 saturated carbocycles. The van der Waals surface area contributed by atoms with Crippen LogP contribution in [0.3, 0.4) is 0 Å². The lowest BCUT2D eigenvalue weighted by Crippen LogP contribution is -2.39. The van der Waals surface area contributed by atoms with Crippen LogP contribution in [-0.4, -0.2) is 68.6 Å². The highest BCUT2D eigenvalue weighted by molar-refractivity contribution is 6.32. The summed E-state index contributed by atoms with van der Waals surface area (Å²) in [5, 5.41) is 3.40. The summed E-state index contributed by atoms with van der Waals surface area (Å²) >= 11 is 6.36. The third kappa shape index (κ3) is 5.86. The first-order chi connectivity index (χ1) is 12.5. The molecule has 0 unspecified atom stereocenters. The van der Waals surface area contributed by atoms with Crippen molar-refractivity contribution in [2.24, 2.45) is 5.92 Å². The number of amides is 1. The maximum Gasteiger partial charge on any atom is 0.251 e. The Hall–Kier alpha value is -1.30. The van der Waals surface area contributed by atoms with Crippen LogP contribution in [0.15, 0.2) is 18.2 Å². The second-order valence-corrected chi connectivity index (χ2v) is 8.17. The molecule has 0 aromatic heterocycles. The number of hydrogen-bond donors (Lipinski definition) is 1. The minimum Gasteiger partial charge on any atom is -0.489 e. The van der Waals surface area contributed by atoms with Gasteiger partial charge < -0.3 is 19.9 Å². The molecule has 1 aromatic carbocycles. The first-order valence-electron chi connectivity index (χ1n) is 9.63. The summed E-state index contributed by atoms with van der Waals surface area (Å²) in [6, 6.07) is 5.30. The van der Waals surface area contributed by atoms with Crippen LogP contribution in [0.2, 0.25) is 5.02 Å². The minimum absolute atomic E-state index is 0.103. The average molecular weight is 380 g/mol. The van der Waals surface area contributed by atoms with Crippen LogP contribution in [0, 0.1) is 5.92 Å². The quantitative estimate of drug-likeness (QED) is 0.754. The summed E-state index contributed by atoms with van der Waals surface area (Å²) in [5.41, 5.74) is 0.570. The van der Waals surface area contributed by atoms with Crippen LogP contribution in [-0.2, 0) is 0 Å². The molecule has 1 heterocycles. The van der Waals surface area contributed by atoms with Gasteiger partial charge in [-0.25, -0.2) is 0 Å². The molecule has 5 nitrogen and oxygen atoms in total. The molecule has 0 atom stereocenters. The highest BCUT2D eigenvalue weighted by Gasteiger charge is 2.27. The van der Waals surface area contributed by atoms with E-state index in [2.05, 4.69) is 10.2 Å². The van der Waals surface area contributed by atoms with Gasteiger partial charge in [0.25, 0.3) is 5.91 Å². The zero-order valence-corrected chi connectivity index (χ0v) is 16.6. The normalized spacial score (nSPS) is 18.9. The number of likely N-dealkylation sites (tertiary alicyclic amines) is 1. The van der Waals surface area contributed by atoms with E-state index in [1.807, 2.05) is 25.1 Å². The molecule has 2 aliphatic rings. The lowest BCUT2D eigenvalue weighted by molar-refractivity contribution is 0.0949. The second-order valence-electron chi connectivity index (χ2n) is 7.77. The molecule has 1 amide bonds. The van der Waals surface area contributed by atoms with E-state index in [0.717, 1.165) is 38.4 Å². The molecule has 6 heteroatoms. The minimum atomic E-state index is -0.103. The van der Waals surface area contributed by atoms with Crippen LogP contribution in [0.25, 0.3) is 0 Å². The van der Waals surface area contributed by atoms with Gasteiger partial charge in [-0.3, -0.25) is 4.79 Å². The Morgan fingerprint density at radius 1 is 1.27 bits per heavy atom. The molecule has 0 spiro atoms. The summed E-state index contributed by atoms with van der Waals surface area (Å²) < 4.78 is 6.11. The first-order valence-corrected chi connectivity index (χ1v) is 10.0. The van der Waals surface area contributed by atoms with Gasteiger partial charge >= 0.3 is 0 Å². The average Bonchev–Trinajstić information content (AvgIpc) is 3.42. The van der Waals surface area contributed by atoms with E-state index in [1.54, 1.807) is 12.1 Å². The molecule has 0 radical (unpaired) electrons. The van der Waals surface area contributed by atoms with E-state index in [0.29, 0.717) is 22.9 Å². The summed E-state index contributed by atoms with van der Waals surface area (Å²) in [4.78, 5) is 16.8. The Bertz CT molecular complexity index is 611. The molecule has 1 aliphatic heterocycles. The predicted octanol–water partition coefficient (Wildman–Crippen LogP) is 2.88. The number of nitrogens with one attached hydrogen (secondary N) is 1. The first kappa shape index (κ1) is 19.5. The Labute approximate surface area is 161 Å². The fourth-order valence-electron chi connectivity index (χ4n) is 3.29. The highest BCUT2D eigenvalue weighted by atomic mass is 35.5. The number of halogens is 1. The summed E-state index contributed by atoms with van der Waals surface area (Å²) in [7, 11) is 3.96. The number of rotatable bonds is 8. The van der Waals surface area contributed by atoms with Gasteiger partial charge in [0.2, 0.25) is 0 Å². The monoisotopic (exact) mass is 379 g/mol. The molecule has 3 rings (SSSR count). The molecule has 1 aromatic rings. The van der Waals surface area contributed by atoms with Crippen molar-refractivity contribution in [1.82, 2.24) is 15.1 Å². The number of ether oxygens (including phenoxy) is 1. The van der Waals surface area contributed by atoms with Crippen molar-refractivity contribution in [3.05, 3.63) is 28.8 Å². The third-order valence-corrected chi connectivity index (χ3v) is 5.38. The van der Waals surface area contributed by atoms with Gasteiger partial charge in [-0.1, -0.05) is 11.6 Å². The molecule has 26 heavy (non-hydrogen) atoms. The van der Waals surface area contributed by atoms with Crippen molar-refractivity contribution in [3.63, 3.8) is 0 Å². The molecule has 1 N–H and O–H groups in total. The molecule has 1 aliphatic carbocycles. The largest absolute Gasteiger partial charge is 0.489 e. The number of hydrogen-bond acceptors (Lipinski definition) is 4. The standard InChI is InChI=1S/C20H30ClN3O2/c1-23(2)12-9-22-20(25)16-5-6-19(18(21)13-16)26-17-7-10-24(11-8-17)14-15-3-4-15/h5-6,13,15,17H,3-4,7-12,14H2,1-2H3,(H,22,25). The van der Waals surface area contributed by atoms with E-state index < -0.39 is 0 Å². The Morgan fingerprint density at radius 3 is 2.62 bits per heavy atom. The van der Waals surface area contributed by atoms with Crippen molar-refractivity contribution >= 4 is 17.5 Å². The van der Waals surface area contributed by atoms with Crippen molar-refractivity contribution < 1.29 is 9.53 Å². The predicted molar refractivity (Wildman–Crippen MR) is 105 cm³/mol. The zero-order valence-electron chi connectivity index (χ0n) is 15.8. The number of piperidine rings is 1. The van der Waals surface area contributed by atoms with Gasteiger partial charge in [-0.05, 0) is 63.9 Å². The maximum absolute atomic E-state index is 12.2. The number of nitrogens with zero attached hydrogens (tertiary/aromatic N) is 2. The lowest BCUT2D eigenvalue weighted by atomic mass is 10.1. The smallest absolute Gasteiger partial charge is 0.251 e. The van der Waals surface area contributed by atoms with Crippen LogP contribution >= 0.6 is 11.6 Å². The van der Waals surface area contributed by atoms with Crippen LogP contribution in [0.4, 0.5) is 0 Å². The molecule has 144 valence electrons. The van der Waals surface area contributed by atoms with Crippen LogP contribution in [0.5, 0.6) is 5.75 Å². The van der Waals surface area contributed by atoms with Crippen molar-refractivity contribution in [2.75, 3.05) is 46.8 Å².